The molecule has 0 saturated carbocycles. The molecule has 0 unspecified atom stereocenters. The molecule has 0 fully saturated rings. The van der Waals surface area contributed by atoms with Crippen molar-refractivity contribution in [3.8, 4) is 0 Å². The van der Waals surface area contributed by atoms with Crippen LogP contribution in [-0.4, -0.2) is 12.8 Å². The van der Waals surface area contributed by atoms with Crippen LogP contribution in [0.2, 0.25) is 0 Å². The summed E-state index contributed by atoms with van der Waals surface area (Å²) in [7, 11) is 1.69. The summed E-state index contributed by atoms with van der Waals surface area (Å²) in [5, 5.41) is 2.64. The molecule has 46 valence electrons. The molecule has 0 rings (SSSR count). The van der Waals surface area contributed by atoms with Gasteiger partial charge in [0.05, 0.1) is 5.70 Å². The maximum absolute atomic E-state index is 10.3. The van der Waals surface area contributed by atoms with Crippen molar-refractivity contribution in [2.24, 2.45) is 5.73 Å². The number of rotatable bonds is 2. The monoisotopic (exact) mass is 114 g/mol. The van der Waals surface area contributed by atoms with E-state index in [1.807, 2.05) is 0 Å². The molecule has 0 atom stereocenters. The van der Waals surface area contributed by atoms with Crippen LogP contribution < -0.4 is 11.1 Å². The molecule has 0 aliphatic carbocycles. The fraction of sp³-hybridized carbons (Fsp3) is 0.400. The largest absolute Gasteiger partial charge is 0.395 e. The van der Waals surface area contributed by atoms with E-state index in [0.29, 0.717) is 0 Å². The summed E-state index contributed by atoms with van der Waals surface area (Å²) in [6, 6.07) is 0. The molecule has 0 bridgehead atoms. The predicted molar refractivity (Wildman–Crippen MR) is 32.0 cm³/mol. The van der Waals surface area contributed by atoms with Crippen molar-refractivity contribution in [1.82, 2.24) is 5.32 Å². The Kier molecular flexibility index (Phi) is 2.69. The van der Waals surface area contributed by atoms with Crippen LogP contribution in [0.25, 0.3) is 0 Å². The van der Waals surface area contributed by atoms with Gasteiger partial charge in [-0.15, -0.1) is 0 Å². The molecule has 0 spiro atoms. The molecule has 0 aliphatic heterocycles. The van der Waals surface area contributed by atoms with E-state index in [1.165, 1.54) is 13.1 Å². The maximum atomic E-state index is 10.3. The number of allylic oxidation sites excluding steroid dienone is 1. The number of nitrogens with one attached hydrogen (secondary N) is 1. The van der Waals surface area contributed by atoms with Gasteiger partial charge in [0.1, 0.15) is 0 Å². The maximum Gasteiger partial charge on any atom is 0.176 e. The lowest BCUT2D eigenvalue weighted by Gasteiger charge is -1.91. The average Bonchev–Trinajstić information content (AvgIpc) is 1.67. The third kappa shape index (κ3) is 2.23. The van der Waals surface area contributed by atoms with Gasteiger partial charge < -0.3 is 11.1 Å². The van der Waals surface area contributed by atoms with Crippen LogP contribution in [0.5, 0.6) is 0 Å². The molecule has 0 amide bonds. The number of ketones is 1. The standard InChI is InChI=1S/C5H10N2O/c1-4(8)5(6)3-7-2/h3,7H,6H2,1-2H3/b5-3-. The van der Waals surface area contributed by atoms with Crippen molar-refractivity contribution in [2.45, 2.75) is 6.92 Å². The van der Waals surface area contributed by atoms with E-state index < -0.39 is 0 Å². The summed E-state index contributed by atoms with van der Waals surface area (Å²) in [6.45, 7) is 1.42. The van der Waals surface area contributed by atoms with Crippen molar-refractivity contribution in [3.05, 3.63) is 11.9 Å². The number of Topliss-reactive ketones (excluding diaryl/α,β-unsaturated/α-hetero) is 1. The Labute approximate surface area is 48.6 Å². The van der Waals surface area contributed by atoms with Crippen LogP contribution >= 0.6 is 0 Å². The summed E-state index contributed by atoms with van der Waals surface area (Å²) in [6.07, 6.45) is 1.46. The lowest BCUT2D eigenvalue weighted by molar-refractivity contribution is -0.113. The second kappa shape index (κ2) is 3.07. The van der Waals surface area contributed by atoms with Gasteiger partial charge in [-0.1, -0.05) is 0 Å². The highest BCUT2D eigenvalue weighted by atomic mass is 16.1. The molecule has 0 aromatic rings. The number of nitrogens with two attached hydrogens (primary N) is 1. The van der Waals surface area contributed by atoms with E-state index in [2.05, 4.69) is 5.32 Å². The SMILES string of the molecule is CN/C=C(\N)C(C)=O. The first kappa shape index (κ1) is 7.01. The zero-order valence-corrected chi connectivity index (χ0v) is 5.06. The molecule has 3 nitrogen and oxygen atoms in total. The lowest BCUT2D eigenvalue weighted by atomic mass is 10.3. The Morgan fingerprint density at radius 2 is 2.25 bits per heavy atom. The van der Waals surface area contributed by atoms with Crippen molar-refractivity contribution in [1.29, 1.82) is 0 Å². The van der Waals surface area contributed by atoms with E-state index in [-0.39, 0.29) is 11.5 Å². The second-order valence-electron chi connectivity index (χ2n) is 1.44. The molecule has 0 aromatic heterocycles. The first-order valence-corrected chi connectivity index (χ1v) is 2.32. The van der Waals surface area contributed by atoms with Gasteiger partial charge in [0, 0.05) is 20.2 Å². The van der Waals surface area contributed by atoms with Crippen molar-refractivity contribution in [2.75, 3.05) is 7.05 Å². The topological polar surface area (TPSA) is 55.1 Å². The van der Waals surface area contributed by atoms with Crippen LogP contribution in [0.3, 0.4) is 0 Å². The van der Waals surface area contributed by atoms with E-state index in [9.17, 15) is 4.79 Å². The van der Waals surface area contributed by atoms with Gasteiger partial charge in [0.15, 0.2) is 5.78 Å². The van der Waals surface area contributed by atoms with Crippen LogP contribution in [0, 0.1) is 0 Å². The Balaban J connectivity index is 3.80. The highest BCUT2D eigenvalue weighted by molar-refractivity contribution is 5.92. The number of hydrogen-bond acceptors (Lipinski definition) is 3. The zero-order valence-electron chi connectivity index (χ0n) is 5.06. The molecule has 0 heterocycles. The third-order valence-electron chi connectivity index (χ3n) is 0.706. The molecule has 0 aliphatic rings. The second-order valence-corrected chi connectivity index (χ2v) is 1.44. The van der Waals surface area contributed by atoms with E-state index in [4.69, 9.17) is 5.73 Å². The number of carbonyl (C=O) groups is 1. The molecular formula is C5H10N2O. The summed E-state index contributed by atoms with van der Waals surface area (Å²) in [5.41, 5.74) is 5.43. The summed E-state index contributed by atoms with van der Waals surface area (Å²) < 4.78 is 0. The highest BCUT2D eigenvalue weighted by Gasteiger charge is 1.92. The van der Waals surface area contributed by atoms with Gasteiger partial charge in [-0.25, -0.2) is 0 Å². The van der Waals surface area contributed by atoms with Crippen molar-refractivity contribution in [3.63, 3.8) is 0 Å². The van der Waals surface area contributed by atoms with Gasteiger partial charge in [-0.3, -0.25) is 4.79 Å². The summed E-state index contributed by atoms with van der Waals surface area (Å²) in [4.78, 5) is 10.3. The van der Waals surface area contributed by atoms with Crippen molar-refractivity contribution < 1.29 is 4.79 Å². The van der Waals surface area contributed by atoms with Gasteiger partial charge in [0.2, 0.25) is 0 Å². The Morgan fingerprint density at radius 1 is 1.75 bits per heavy atom. The lowest BCUT2D eigenvalue weighted by Crippen LogP contribution is -2.10. The van der Waals surface area contributed by atoms with E-state index in [1.54, 1.807) is 7.05 Å². The smallest absolute Gasteiger partial charge is 0.176 e. The van der Waals surface area contributed by atoms with Crippen LogP contribution in [0.15, 0.2) is 11.9 Å². The summed E-state index contributed by atoms with van der Waals surface area (Å²) in [5.74, 6) is -0.112. The van der Waals surface area contributed by atoms with Gasteiger partial charge in [0.25, 0.3) is 0 Å². The Morgan fingerprint density at radius 3 is 2.38 bits per heavy atom. The first-order chi connectivity index (χ1) is 3.68. The molecule has 8 heavy (non-hydrogen) atoms. The van der Waals surface area contributed by atoms with E-state index >= 15 is 0 Å². The molecular weight excluding hydrogens is 104 g/mol. The Bertz CT molecular complexity index is 118. The minimum Gasteiger partial charge on any atom is -0.395 e. The predicted octanol–water partition coefficient (Wildman–Crippen LogP) is -0.405. The van der Waals surface area contributed by atoms with E-state index in [0.717, 1.165) is 0 Å². The normalized spacial score (nSPS) is 11.0. The van der Waals surface area contributed by atoms with Crippen LogP contribution in [-0.2, 0) is 4.79 Å². The molecule has 0 radical (unpaired) electrons. The minimum atomic E-state index is -0.112. The molecule has 0 saturated heterocycles. The fourth-order valence-corrected chi connectivity index (χ4v) is 0.257. The zero-order chi connectivity index (χ0) is 6.57. The van der Waals surface area contributed by atoms with Gasteiger partial charge in [-0.05, 0) is 0 Å². The minimum absolute atomic E-state index is 0.112. The Hall–Kier alpha value is -0.990. The number of carbonyl (C=O) groups excluding carboxylic acids is 1. The molecule has 3 heteroatoms. The fourth-order valence-electron chi connectivity index (χ4n) is 0.257. The average molecular weight is 114 g/mol. The van der Waals surface area contributed by atoms with Crippen molar-refractivity contribution >= 4 is 5.78 Å². The quantitative estimate of drug-likeness (QED) is 0.480. The van der Waals surface area contributed by atoms with Crippen LogP contribution in [0.4, 0.5) is 0 Å². The highest BCUT2D eigenvalue weighted by Crippen LogP contribution is 1.79. The summed E-state index contributed by atoms with van der Waals surface area (Å²) >= 11 is 0. The third-order valence-corrected chi connectivity index (χ3v) is 0.706. The van der Waals surface area contributed by atoms with Gasteiger partial charge >= 0.3 is 0 Å². The first-order valence-electron chi connectivity index (χ1n) is 2.32. The molecule has 0 aromatic carbocycles. The van der Waals surface area contributed by atoms with Gasteiger partial charge in [-0.2, -0.15) is 0 Å². The van der Waals surface area contributed by atoms with Crippen LogP contribution in [0.1, 0.15) is 6.92 Å². The number of hydrogen-bond donors (Lipinski definition) is 2. The molecule has 3 N–H and O–H groups in total.